The number of aryl methyl sites for hydroxylation is 2. The van der Waals surface area contributed by atoms with Gasteiger partial charge in [-0.05, 0) is 13.8 Å². The van der Waals surface area contributed by atoms with Crippen LogP contribution in [0.4, 0.5) is 0 Å². The van der Waals surface area contributed by atoms with Gasteiger partial charge in [-0.2, -0.15) is 10.1 Å². The molecule has 0 bridgehead atoms. The summed E-state index contributed by atoms with van der Waals surface area (Å²) in [5.74, 6) is 0.651. The van der Waals surface area contributed by atoms with E-state index in [-0.39, 0.29) is 11.5 Å². The molecule has 22 heavy (non-hydrogen) atoms. The third kappa shape index (κ3) is 2.20. The third-order valence-electron chi connectivity index (χ3n) is 3.49. The minimum absolute atomic E-state index is 0.148. The molecular formula is C15H15N5O2. The highest BCUT2D eigenvalue weighted by atomic mass is 16.2. The second-order valence-corrected chi connectivity index (χ2v) is 5.05. The normalized spacial score (nSPS) is 11.0. The number of aromatic nitrogens is 5. The van der Waals surface area contributed by atoms with Gasteiger partial charge in [0.15, 0.2) is 17.3 Å². The Bertz CT molecular complexity index is 924. The van der Waals surface area contributed by atoms with Crippen LogP contribution in [0.2, 0.25) is 0 Å². The van der Waals surface area contributed by atoms with Crippen molar-refractivity contribution in [1.29, 1.82) is 0 Å². The monoisotopic (exact) mass is 297 g/mol. The Morgan fingerprint density at radius 3 is 2.41 bits per heavy atom. The molecular weight excluding hydrogens is 282 g/mol. The summed E-state index contributed by atoms with van der Waals surface area (Å²) in [4.78, 5) is 32.2. The van der Waals surface area contributed by atoms with Gasteiger partial charge in [0.1, 0.15) is 0 Å². The zero-order valence-electron chi connectivity index (χ0n) is 12.6. The fourth-order valence-corrected chi connectivity index (χ4v) is 2.17. The van der Waals surface area contributed by atoms with Crippen molar-refractivity contribution in [2.75, 3.05) is 0 Å². The van der Waals surface area contributed by atoms with Crippen LogP contribution in [0, 0.1) is 6.92 Å². The van der Waals surface area contributed by atoms with Crippen molar-refractivity contribution in [3.8, 4) is 22.9 Å². The predicted molar refractivity (Wildman–Crippen MR) is 81.8 cm³/mol. The molecule has 0 N–H and O–H groups in total. The zero-order valence-corrected chi connectivity index (χ0v) is 12.6. The van der Waals surface area contributed by atoms with Crippen LogP contribution in [0.1, 0.15) is 12.5 Å². The molecule has 2 aliphatic heterocycles. The van der Waals surface area contributed by atoms with Crippen LogP contribution in [0.5, 0.6) is 0 Å². The number of benzene rings is 1. The van der Waals surface area contributed by atoms with Gasteiger partial charge in [0.25, 0.3) is 5.56 Å². The summed E-state index contributed by atoms with van der Waals surface area (Å²) < 4.78 is 2.48. The van der Waals surface area contributed by atoms with E-state index in [0.29, 0.717) is 12.4 Å². The Morgan fingerprint density at radius 1 is 1.09 bits per heavy atom. The maximum Gasteiger partial charge on any atom is 0.352 e. The molecule has 7 heteroatoms. The number of hydrogen-bond acceptors (Lipinski definition) is 5. The molecule has 2 heterocycles. The van der Waals surface area contributed by atoms with Crippen molar-refractivity contribution < 1.29 is 0 Å². The molecule has 0 spiro atoms. The summed E-state index contributed by atoms with van der Waals surface area (Å²) in [5, 5.41) is 4.39. The molecule has 0 aromatic heterocycles. The smallest absolute Gasteiger partial charge is 0.267 e. The Labute approximate surface area is 126 Å². The highest BCUT2D eigenvalue weighted by Gasteiger charge is 2.20. The first-order chi connectivity index (χ1) is 10.5. The van der Waals surface area contributed by atoms with Crippen LogP contribution < -0.4 is 11.2 Å². The Balaban J connectivity index is 2.35. The molecule has 0 radical (unpaired) electrons. The number of rotatable bonds is 2. The molecule has 112 valence electrons. The maximum absolute atomic E-state index is 12.3. The van der Waals surface area contributed by atoms with Crippen LogP contribution in [-0.4, -0.2) is 24.3 Å². The first-order valence-corrected chi connectivity index (χ1v) is 6.94. The van der Waals surface area contributed by atoms with Crippen LogP contribution >= 0.6 is 0 Å². The fraction of sp³-hybridized carbons (Fsp3) is 0.267. The van der Waals surface area contributed by atoms with Crippen molar-refractivity contribution >= 4 is 0 Å². The van der Waals surface area contributed by atoms with Crippen molar-refractivity contribution in [2.24, 2.45) is 7.05 Å². The Hall–Kier alpha value is -2.83. The van der Waals surface area contributed by atoms with Crippen molar-refractivity contribution in [3.63, 3.8) is 0 Å². The molecule has 2 aliphatic rings. The molecule has 1 aromatic carbocycles. The van der Waals surface area contributed by atoms with Gasteiger partial charge in [0, 0.05) is 19.2 Å². The lowest BCUT2D eigenvalue weighted by Crippen LogP contribution is -2.37. The topological polar surface area (TPSA) is 82.7 Å². The third-order valence-corrected chi connectivity index (χ3v) is 3.49. The highest BCUT2D eigenvalue weighted by Crippen LogP contribution is 2.19. The molecule has 3 rings (SSSR count). The fourth-order valence-electron chi connectivity index (χ4n) is 2.17. The maximum atomic E-state index is 12.3. The summed E-state index contributed by atoms with van der Waals surface area (Å²) in [7, 11) is 1.39. The summed E-state index contributed by atoms with van der Waals surface area (Å²) in [5.41, 5.74) is 1.01. The number of fused-ring (bicyclic) bond motifs is 1. The van der Waals surface area contributed by atoms with Gasteiger partial charge >= 0.3 is 5.69 Å². The summed E-state index contributed by atoms with van der Waals surface area (Å²) in [6, 6.07) is 7.71. The zero-order chi connectivity index (χ0) is 15.9. The van der Waals surface area contributed by atoms with E-state index in [0.717, 1.165) is 15.7 Å². The molecule has 0 aliphatic carbocycles. The molecule has 0 amide bonds. The van der Waals surface area contributed by atoms with Crippen LogP contribution in [0.25, 0.3) is 22.9 Å². The average Bonchev–Trinajstić information content (AvgIpc) is 2.53. The van der Waals surface area contributed by atoms with Crippen LogP contribution in [0.3, 0.4) is 0 Å². The average molecular weight is 297 g/mol. The predicted octanol–water partition coefficient (Wildman–Crippen LogP) is 0.832. The van der Waals surface area contributed by atoms with E-state index in [9.17, 15) is 9.59 Å². The van der Waals surface area contributed by atoms with Crippen LogP contribution in [0.15, 0.2) is 33.9 Å². The van der Waals surface area contributed by atoms with E-state index in [4.69, 9.17) is 0 Å². The number of hydrogen-bond donors (Lipinski definition) is 0. The second-order valence-electron chi connectivity index (χ2n) is 5.05. The van der Waals surface area contributed by atoms with Gasteiger partial charge in [-0.15, -0.1) is 0 Å². The molecule has 0 unspecified atom stereocenters. The van der Waals surface area contributed by atoms with E-state index in [1.807, 2.05) is 38.1 Å². The van der Waals surface area contributed by atoms with E-state index in [1.165, 1.54) is 11.7 Å². The SMILES string of the molecule is CCn1nc(-c2ccc(C)cc2)nc2c(=O)n(C)c(=O)nc1-2. The summed E-state index contributed by atoms with van der Waals surface area (Å²) in [6.07, 6.45) is 0. The molecule has 0 fully saturated rings. The van der Waals surface area contributed by atoms with Crippen molar-refractivity contribution in [3.05, 3.63) is 50.7 Å². The lowest BCUT2D eigenvalue weighted by molar-refractivity contribution is 0.612. The lowest BCUT2D eigenvalue weighted by Gasteiger charge is -2.13. The lowest BCUT2D eigenvalue weighted by atomic mass is 10.1. The van der Waals surface area contributed by atoms with Gasteiger partial charge in [-0.3, -0.25) is 9.36 Å². The largest absolute Gasteiger partial charge is 0.352 e. The minimum atomic E-state index is -0.605. The summed E-state index contributed by atoms with van der Waals surface area (Å²) >= 11 is 0. The first kappa shape index (κ1) is 14.1. The van der Waals surface area contributed by atoms with E-state index in [1.54, 1.807) is 0 Å². The minimum Gasteiger partial charge on any atom is -0.267 e. The van der Waals surface area contributed by atoms with E-state index in [2.05, 4.69) is 15.1 Å². The Kier molecular flexibility index (Phi) is 3.32. The van der Waals surface area contributed by atoms with Gasteiger partial charge in [-0.25, -0.2) is 14.5 Å². The van der Waals surface area contributed by atoms with Gasteiger partial charge in [0.05, 0.1) is 0 Å². The van der Waals surface area contributed by atoms with Gasteiger partial charge < -0.3 is 0 Å². The standard InChI is InChI=1S/C15H15N5O2/c1-4-20-13-11(14(21)19(3)15(22)17-13)16-12(18-20)10-7-5-9(2)6-8-10/h5-8H,4H2,1-3H3. The van der Waals surface area contributed by atoms with E-state index < -0.39 is 11.2 Å². The molecule has 7 nitrogen and oxygen atoms in total. The highest BCUT2D eigenvalue weighted by molar-refractivity contribution is 5.59. The number of nitrogens with zero attached hydrogens (tertiary/aromatic N) is 5. The van der Waals surface area contributed by atoms with Gasteiger partial charge in [0.2, 0.25) is 0 Å². The quantitative estimate of drug-likeness (QED) is 0.699. The Morgan fingerprint density at radius 2 is 1.77 bits per heavy atom. The molecule has 0 saturated carbocycles. The van der Waals surface area contributed by atoms with Crippen molar-refractivity contribution in [2.45, 2.75) is 20.4 Å². The van der Waals surface area contributed by atoms with E-state index >= 15 is 0 Å². The second kappa shape index (κ2) is 5.18. The summed E-state index contributed by atoms with van der Waals surface area (Å²) in [6.45, 7) is 4.35. The van der Waals surface area contributed by atoms with Crippen LogP contribution in [-0.2, 0) is 13.6 Å². The molecule has 0 atom stereocenters. The van der Waals surface area contributed by atoms with Crippen molar-refractivity contribution in [1.82, 2.24) is 24.3 Å². The molecule has 1 aromatic rings. The first-order valence-electron chi connectivity index (χ1n) is 6.94. The molecule has 0 saturated heterocycles. The van der Waals surface area contributed by atoms with Gasteiger partial charge in [-0.1, -0.05) is 29.8 Å².